The maximum absolute atomic E-state index is 13.1. The number of hydrogen-bond donors (Lipinski definition) is 2. The number of imidazole rings is 1. The van der Waals surface area contributed by atoms with Gasteiger partial charge in [0.2, 0.25) is 11.7 Å². The molecule has 0 bridgehead atoms. The summed E-state index contributed by atoms with van der Waals surface area (Å²) in [7, 11) is 1.53. The molecule has 3 aromatic rings. The fraction of sp³-hybridized carbons (Fsp3) is 0.381. The second-order valence-electron chi connectivity index (χ2n) is 7.90. The maximum Gasteiger partial charge on any atom is 0.274 e. The van der Waals surface area contributed by atoms with Crippen LogP contribution in [0, 0.1) is 0 Å². The number of hydrogen-bond acceptors (Lipinski definition) is 6. The number of ether oxygens (including phenoxy) is 1. The topological polar surface area (TPSA) is 92.0 Å². The molecule has 1 spiro atoms. The molecule has 2 aliphatic rings. The van der Waals surface area contributed by atoms with Gasteiger partial charge in [-0.25, -0.2) is 4.98 Å². The van der Waals surface area contributed by atoms with Crippen molar-refractivity contribution in [1.29, 1.82) is 0 Å². The molecule has 0 aliphatic carbocycles. The van der Waals surface area contributed by atoms with E-state index in [-0.39, 0.29) is 12.5 Å². The number of carbonyl (C=O) groups excluding carboxylic acids is 1. The number of fused-ring (bicyclic) bond motifs is 2. The average Bonchev–Trinajstić information content (AvgIpc) is 3.17. The second kappa shape index (κ2) is 7.33. The van der Waals surface area contributed by atoms with E-state index in [9.17, 15) is 9.90 Å². The first-order valence-corrected chi connectivity index (χ1v) is 10.7. The van der Waals surface area contributed by atoms with E-state index < -0.39 is 11.6 Å². The molecular weight excluding hydrogens is 450 g/mol. The first-order valence-electron chi connectivity index (χ1n) is 9.87. The van der Waals surface area contributed by atoms with Crippen LogP contribution in [-0.2, 0) is 13.0 Å². The van der Waals surface area contributed by atoms with Crippen LogP contribution < -0.4 is 10.1 Å². The van der Waals surface area contributed by atoms with Crippen molar-refractivity contribution in [2.75, 3.05) is 20.2 Å². The maximum atomic E-state index is 13.1. The van der Waals surface area contributed by atoms with E-state index in [1.54, 1.807) is 21.7 Å². The third-order valence-corrected chi connectivity index (χ3v) is 6.73. The van der Waals surface area contributed by atoms with Gasteiger partial charge in [-0.2, -0.15) is 4.98 Å². The summed E-state index contributed by atoms with van der Waals surface area (Å²) in [6.45, 7) is 1.55. The van der Waals surface area contributed by atoms with Crippen LogP contribution >= 0.6 is 15.9 Å². The SMILES string of the molecule is COc1nc2nc(C(=O)N3CC[C@]4(Cc5ccccc5CN4)[C@H](O)C3)cn2cc1Br. The van der Waals surface area contributed by atoms with Gasteiger partial charge in [-0.1, -0.05) is 24.3 Å². The molecule has 2 aromatic heterocycles. The molecule has 4 heterocycles. The first-order chi connectivity index (χ1) is 14.5. The van der Waals surface area contributed by atoms with Gasteiger partial charge < -0.3 is 20.1 Å². The van der Waals surface area contributed by atoms with Crippen LogP contribution in [0.25, 0.3) is 5.78 Å². The molecule has 30 heavy (non-hydrogen) atoms. The number of amides is 1. The quantitative estimate of drug-likeness (QED) is 0.591. The molecule has 9 heteroatoms. The second-order valence-corrected chi connectivity index (χ2v) is 8.76. The number of methoxy groups -OCH3 is 1. The number of aliphatic hydroxyl groups excluding tert-OH is 1. The number of carbonyl (C=O) groups is 1. The molecule has 1 saturated heterocycles. The zero-order valence-electron chi connectivity index (χ0n) is 16.5. The van der Waals surface area contributed by atoms with Crippen molar-refractivity contribution in [1.82, 2.24) is 24.6 Å². The Labute approximate surface area is 182 Å². The highest BCUT2D eigenvalue weighted by Gasteiger charge is 2.45. The van der Waals surface area contributed by atoms with Gasteiger partial charge in [0.05, 0.1) is 23.2 Å². The summed E-state index contributed by atoms with van der Waals surface area (Å²) in [4.78, 5) is 23.4. The molecule has 8 nitrogen and oxygen atoms in total. The summed E-state index contributed by atoms with van der Waals surface area (Å²) >= 11 is 3.39. The van der Waals surface area contributed by atoms with Gasteiger partial charge in [-0.05, 0) is 39.9 Å². The van der Waals surface area contributed by atoms with Gasteiger partial charge in [0.15, 0.2) is 0 Å². The largest absolute Gasteiger partial charge is 0.480 e. The van der Waals surface area contributed by atoms with E-state index >= 15 is 0 Å². The van der Waals surface area contributed by atoms with Crippen LogP contribution in [0.2, 0.25) is 0 Å². The minimum Gasteiger partial charge on any atom is -0.480 e. The van der Waals surface area contributed by atoms with Crippen molar-refractivity contribution in [3.63, 3.8) is 0 Å². The molecule has 1 fully saturated rings. The Balaban J connectivity index is 1.35. The summed E-state index contributed by atoms with van der Waals surface area (Å²) < 4.78 is 7.55. The van der Waals surface area contributed by atoms with Gasteiger partial charge >= 0.3 is 0 Å². The first kappa shape index (κ1) is 19.5. The van der Waals surface area contributed by atoms with Crippen molar-refractivity contribution >= 4 is 27.6 Å². The number of rotatable bonds is 2. The van der Waals surface area contributed by atoms with E-state index in [1.165, 1.54) is 18.2 Å². The van der Waals surface area contributed by atoms with Gasteiger partial charge in [0.1, 0.15) is 5.69 Å². The zero-order valence-corrected chi connectivity index (χ0v) is 18.1. The number of aromatic nitrogens is 3. The number of aliphatic hydroxyl groups is 1. The van der Waals surface area contributed by atoms with E-state index in [4.69, 9.17) is 4.74 Å². The Morgan fingerprint density at radius 1 is 1.30 bits per heavy atom. The minimum absolute atomic E-state index is 0.208. The van der Waals surface area contributed by atoms with Crippen molar-refractivity contribution in [3.8, 4) is 5.88 Å². The van der Waals surface area contributed by atoms with Gasteiger partial charge in [-0.3, -0.25) is 9.20 Å². The Kier molecular flexibility index (Phi) is 4.76. The lowest BCUT2D eigenvalue weighted by Crippen LogP contribution is -2.65. The molecule has 0 unspecified atom stereocenters. The average molecular weight is 472 g/mol. The van der Waals surface area contributed by atoms with Gasteiger partial charge in [0, 0.05) is 32.0 Å². The fourth-order valence-corrected chi connectivity index (χ4v) is 4.91. The normalized spacial score (nSPS) is 23.6. The molecule has 2 aliphatic heterocycles. The molecule has 5 rings (SSSR count). The Bertz CT molecular complexity index is 1130. The van der Waals surface area contributed by atoms with Crippen LogP contribution in [0.5, 0.6) is 5.88 Å². The number of halogens is 1. The van der Waals surface area contributed by atoms with E-state index in [1.807, 2.05) is 12.1 Å². The highest BCUT2D eigenvalue weighted by molar-refractivity contribution is 9.10. The van der Waals surface area contributed by atoms with Crippen molar-refractivity contribution < 1.29 is 14.6 Å². The van der Waals surface area contributed by atoms with Crippen molar-refractivity contribution in [2.24, 2.45) is 0 Å². The Morgan fingerprint density at radius 2 is 2.10 bits per heavy atom. The van der Waals surface area contributed by atoms with E-state index in [0.29, 0.717) is 34.8 Å². The van der Waals surface area contributed by atoms with Crippen LogP contribution in [-0.4, -0.2) is 62.1 Å². The van der Waals surface area contributed by atoms with Gasteiger partial charge in [0.25, 0.3) is 5.91 Å². The van der Waals surface area contributed by atoms with Crippen LogP contribution in [0.4, 0.5) is 0 Å². The molecule has 2 atom stereocenters. The Hall–Kier alpha value is -2.49. The predicted molar refractivity (Wildman–Crippen MR) is 113 cm³/mol. The lowest BCUT2D eigenvalue weighted by Gasteiger charge is -2.48. The molecule has 0 radical (unpaired) electrons. The minimum atomic E-state index is -0.659. The number of benzene rings is 1. The molecular formula is C21H22BrN5O3. The summed E-state index contributed by atoms with van der Waals surface area (Å²) in [5.74, 6) is 0.588. The predicted octanol–water partition coefficient (Wildman–Crippen LogP) is 1.79. The highest BCUT2D eigenvalue weighted by atomic mass is 79.9. The molecule has 156 valence electrons. The molecule has 1 aromatic carbocycles. The lowest BCUT2D eigenvalue weighted by atomic mass is 9.76. The smallest absolute Gasteiger partial charge is 0.274 e. The monoisotopic (exact) mass is 471 g/mol. The van der Waals surface area contributed by atoms with E-state index in [2.05, 4.69) is 43.3 Å². The number of nitrogens with zero attached hydrogens (tertiary/aromatic N) is 4. The van der Waals surface area contributed by atoms with E-state index in [0.717, 1.165) is 13.0 Å². The third-order valence-electron chi connectivity index (χ3n) is 6.18. The summed E-state index contributed by atoms with van der Waals surface area (Å²) in [6, 6.07) is 8.31. The molecule has 0 saturated carbocycles. The number of β-amino-alcohol motifs (C(OH)–C–C–N with tert-alkyl or cyclic N) is 1. The summed E-state index contributed by atoms with van der Waals surface area (Å²) in [5.41, 5.74) is 2.44. The van der Waals surface area contributed by atoms with Crippen LogP contribution in [0.1, 0.15) is 28.0 Å². The van der Waals surface area contributed by atoms with Gasteiger partial charge in [-0.15, -0.1) is 0 Å². The highest BCUT2D eigenvalue weighted by Crippen LogP contribution is 2.32. The number of likely N-dealkylation sites (tertiary alicyclic amines) is 1. The zero-order chi connectivity index (χ0) is 20.9. The van der Waals surface area contributed by atoms with Crippen LogP contribution in [0.3, 0.4) is 0 Å². The summed E-state index contributed by atoms with van der Waals surface area (Å²) in [6.07, 6.45) is 4.19. The number of piperidine rings is 1. The van der Waals surface area contributed by atoms with Crippen LogP contribution in [0.15, 0.2) is 41.1 Å². The molecule has 2 N–H and O–H groups in total. The Morgan fingerprint density at radius 3 is 2.87 bits per heavy atom. The standard InChI is InChI=1S/C21H22BrN5O3/c1-30-18-15(22)10-27-11-16(24-20(27)25-18)19(29)26-7-6-21(17(28)12-26)8-13-4-2-3-5-14(13)9-23-21/h2-5,10-11,17,23,28H,6-9,12H2,1H3/t17-,21+/m1/s1. The third kappa shape index (κ3) is 3.17. The lowest BCUT2D eigenvalue weighted by molar-refractivity contribution is -0.0140. The fourth-order valence-electron chi connectivity index (χ4n) is 4.44. The molecule has 1 amide bonds. The van der Waals surface area contributed by atoms with Crippen molar-refractivity contribution in [2.45, 2.75) is 31.0 Å². The number of nitrogens with one attached hydrogen (secondary N) is 1. The summed E-state index contributed by atoms with van der Waals surface area (Å²) in [5, 5.41) is 14.5. The van der Waals surface area contributed by atoms with Crippen molar-refractivity contribution in [3.05, 3.63) is 58.0 Å².